The molecule has 2 rings (SSSR count). The van der Waals surface area contributed by atoms with Crippen molar-refractivity contribution in [1.29, 1.82) is 5.26 Å². The van der Waals surface area contributed by atoms with E-state index < -0.39 is 0 Å². The van der Waals surface area contributed by atoms with Crippen molar-refractivity contribution in [1.82, 2.24) is 0 Å². The molecule has 0 aliphatic heterocycles. The Balaban J connectivity index is 1.95. The molecule has 2 aromatic carbocycles. The van der Waals surface area contributed by atoms with Crippen molar-refractivity contribution in [3.63, 3.8) is 0 Å². The number of ether oxygens (including phenoxy) is 1. The van der Waals surface area contributed by atoms with Crippen molar-refractivity contribution in [2.45, 2.75) is 20.0 Å². The number of hydrogen-bond acceptors (Lipinski definition) is 2. The predicted molar refractivity (Wildman–Crippen MR) is 79.1 cm³/mol. The second-order valence-electron chi connectivity index (χ2n) is 4.28. The van der Waals surface area contributed by atoms with Gasteiger partial charge in [-0.3, -0.25) is 0 Å². The van der Waals surface area contributed by atoms with E-state index in [1.54, 1.807) is 12.1 Å². The van der Waals surface area contributed by atoms with Gasteiger partial charge in [0.2, 0.25) is 0 Å². The minimum atomic E-state index is 0.492. The molecular formula is C18H15NO. The molecule has 0 spiro atoms. The summed E-state index contributed by atoms with van der Waals surface area (Å²) in [6.45, 7) is 2.52. The van der Waals surface area contributed by atoms with Gasteiger partial charge in [0.15, 0.2) is 0 Å². The number of benzene rings is 2. The van der Waals surface area contributed by atoms with Crippen LogP contribution in [0.5, 0.6) is 5.75 Å². The van der Waals surface area contributed by atoms with E-state index in [-0.39, 0.29) is 0 Å². The molecule has 0 heterocycles. The van der Waals surface area contributed by atoms with Crippen LogP contribution in [-0.2, 0) is 6.61 Å². The highest BCUT2D eigenvalue weighted by Gasteiger charge is 1.97. The first-order valence-electron chi connectivity index (χ1n) is 6.52. The Morgan fingerprint density at radius 1 is 0.950 bits per heavy atom. The average Bonchev–Trinajstić information content (AvgIpc) is 2.52. The summed E-state index contributed by atoms with van der Waals surface area (Å²) in [7, 11) is 0. The molecule has 0 aliphatic carbocycles. The third-order valence-electron chi connectivity index (χ3n) is 2.75. The van der Waals surface area contributed by atoms with Crippen LogP contribution in [0.2, 0.25) is 0 Å². The van der Waals surface area contributed by atoms with Crippen LogP contribution in [0, 0.1) is 23.2 Å². The van der Waals surface area contributed by atoms with Crippen molar-refractivity contribution in [3.8, 4) is 23.7 Å². The smallest absolute Gasteiger partial charge is 0.119 e. The Morgan fingerprint density at radius 3 is 2.20 bits per heavy atom. The van der Waals surface area contributed by atoms with E-state index in [0.29, 0.717) is 12.2 Å². The summed E-state index contributed by atoms with van der Waals surface area (Å²) in [5.41, 5.74) is 2.70. The summed E-state index contributed by atoms with van der Waals surface area (Å²) in [6.07, 6.45) is 0.858. The highest BCUT2D eigenvalue weighted by molar-refractivity contribution is 5.38. The van der Waals surface area contributed by atoms with Gasteiger partial charge in [-0.1, -0.05) is 30.9 Å². The summed E-state index contributed by atoms with van der Waals surface area (Å²) < 4.78 is 5.69. The molecule has 0 bridgehead atoms. The van der Waals surface area contributed by atoms with E-state index in [4.69, 9.17) is 10.00 Å². The molecule has 0 N–H and O–H groups in total. The second kappa shape index (κ2) is 7.02. The highest BCUT2D eigenvalue weighted by atomic mass is 16.5. The first-order valence-corrected chi connectivity index (χ1v) is 6.52. The Labute approximate surface area is 119 Å². The van der Waals surface area contributed by atoms with Crippen LogP contribution in [0.15, 0.2) is 48.5 Å². The fraction of sp³-hybridized carbons (Fsp3) is 0.167. The van der Waals surface area contributed by atoms with Gasteiger partial charge in [-0.2, -0.15) is 5.26 Å². The van der Waals surface area contributed by atoms with Crippen LogP contribution in [0.1, 0.15) is 30.0 Å². The lowest BCUT2D eigenvalue weighted by molar-refractivity contribution is 0.306. The molecule has 0 fully saturated rings. The first-order chi connectivity index (χ1) is 9.81. The molecule has 0 atom stereocenters. The largest absolute Gasteiger partial charge is 0.489 e. The number of nitriles is 1. The van der Waals surface area contributed by atoms with Gasteiger partial charge in [0.1, 0.15) is 12.4 Å². The fourth-order valence-corrected chi connectivity index (χ4v) is 1.67. The highest BCUT2D eigenvalue weighted by Crippen LogP contribution is 2.14. The maximum absolute atomic E-state index is 8.73. The quantitative estimate of drug-likeness (QED) is 0.785. The van der Waals surface area contributed by atoms with Crippen molar-refractivity contribution >= 4 is 0 Å². The van der Waals surface area contributed by atoms with Crippen molar-refractivity contribution < 1.29 is 4.74 Å². The van der Waals surface area contributed by atoms with E-state index in [0.717, 1.165) is 23.3 Å². The minimum absolute atomic E-state index is 0.492. The van der Waals surface area contributed by atoms with E-state index >= 15 is 0 Å². The molecule has 20 heavy (non-hydrogen) atoms. The molecule has 98 valence electrons. The topological polar surface area (TPSA) is 33.0 Å². The molecule has 0 saturated heterocycles. The molecule has 2 heteroatoms. The molecule has 0 aliphatic rings. The lowest BCUT2D eigenvalue weighted by atomic mass is 10.1. The van der Waals surface area contributed by atoms with E-state index in [1.807, 2.05) is 43.3 Å². The summed E-state index contributed by atoms with van der Waals surface area (Å²) >= 11 is 0. The molecule has 0 aromatic heterocycles. The maximum atomic E-state index is 8.73. The van der Waals surface area contributed by atoms with Crippen molar-refractivity contribution in [2.24, 2.45) is 0 Å². The van der Waals surface area contributed by atoms with Crippen molar-refractivity contribution in [2.75, 3.05) is 0 Å². The molecule has 0 radical (unpaired) electrons. The van der Waals surface area contributed by atoms with Crippen LogP contribution >= 0.6 is 0 Å². The number of hydrogen-bond donors (Lipinski definition) is 0. The average molecular weight is 261 g/mol. The van der Waals surface area contributed by atoms with Gasteiger partial charge >= 0.3 is 0 Å². The third-order valence-corrected chi connectivity index (χ3v) is 2.75. The normalized spacial score (nSPS) is 9.20. The summed E-state index contributed by atoms with van der Waals surface area (Å²) in [5, 5.41) is 8.73. The van der Waals surface area contributed by atoms with E-state index in [2.05, 4.69) is 17.9 Å². The molecule has 0 amide bonds. The van der Waals surface area contributed by atoms with E-state index in [1.165, 1.54) is 0 Å². The van der Waals surface area contributed by atoms with Gasteiger partial charge in [0.25, 0.3) is 0 Å². The van der Waals surface area contributed by atoms with Gasteiger partial charge in [0, 0.05) is 12.0 Å². The maximum Gasteiger partial charge on any atom is 0.119 e. The summed E-state index contributed by atoms with van der Waals surface area (Å²) in [6, 6.07) is 17.2. The zero-order chi connectivity index (χ0) is 14.2. The lowest BCUT2D eigenvalue weighted by Crippen LogP contribution is -1.95. The SMILES string of the molecule is CCC#Cc1ccc(OCc2ccc(C#N)cc2)cc1. The molecule has 2 aromatic rings. The van der Waals surface area contributed by atoms with Crippen LogP contribution < -0.4 is 4.74 Å². The van der Waals surface area contributed by atoms with Crippen LogP contribution in [0.3, 0.4) is 0 Å². The predicted octanol–water partition coefficient (Wildman–Crippen LogP) is 3.90. The Bertz CT molecular complexity index is 652. The zero-order valence-corrected chi connectivity index (χ0v) is 11.4. The molecule has 0 unspecified atom stereocenters. The van der Waals surface area contributed by atoms with Gasteiger partial charge < -0.3 is 4.74 Å². The molecular weight excluding hydrogens is 246 g/mol. The Morgan fingerprint density at radius 2 is 1.60 bits per heavy atom. The summed E-state index contributed by atoms with van der Waals surface area (Å²) in [4.78, 5) is 0. The van der Waals surface area contributed by atoms with Gasteiger partial charge in [0.05, 0.1) is 11.6 Å². The number of rotatable bonds is 3. The standard InChI is InChI=1S/C18H15NO/c1-2-3-4-15-9-11-18(12-10-15)20-14-17-7-5-16(13-19)6-8-17/h5-12H,2,14H2,1H3. The van der Waals surface area contributed by atoms with Crippen LogP contribution in [0.25, 0.3) is 0 Å². The van der Waals surface area contributed by atoms with Crippen LogP contribution in [-0.4, -0.2) is 0 Å². The van der Waals surface area contributed by atoms with Crippen LogP contribution in [0.4, 0.5) is 0 Å². The lowest BCUT2D eigenvalue weighted by Gasteiger charge is -2.06. The van der Waals surface area contributed by atoms with Gasteiger partial charge in [-0.25, -0.2) is 0 Å². The van der Waals surface area contributed by atoms with E-state index in [9.17, 15) is 0 Å². The molecule has 2 nitrogen and oxygen atoms in total. The second-order valence-corrected chi connectivity index (χ2v) is 4.28. The monoisotopic (exact) mass is 261 g/mol. The third kappa shape index (κ3) is 3.90. The zero-order valence-electron chi connectivity index (χ0n) is 11.4. The van der Waals surface area contributed by atoms with Gasteiger partial charge in [-0.05, 0) is 42.0 Å². The summed E-state index contributed by atoms with van der Waals surface area (Å²) in [5.74, 6) is 6.92. The Kier molecular flexibility index (Phi) is 4.81. The first kappa shape index (κ1) is 13.7. The number of nitrogens with zero attached hydrogens (tertiary/aromatic N) is 1. The Hall–Kier alpha value is -2.71. The molecule has 0 saturated carbocycles. The van der Waals surface area contributed by atoms with Crippen molar-refractivity contribution in [3.05, 3.63) is 65.2 Å². The fourth-order valence-electron chi connectivity index (χ4n) is 1.67. The van der Waals surface area contributed by atoms with Gasteiger partial charge in [-0.15, -0.1) is 0 Å². The minimum Gasteiger partial charge on any atom is -0.489 e.